The minimum atomic E-state index is 0.121. The summed E-state index contributed by atoms with van der Waals surface area (Å²) in [4.78, 5) is 11.6. The van der Waals surface area contributed by atoms with Gasteiger partial charge in [-0.2, -0.15) is 0 Å². The van der Waals surface area contributed by atoms with Crippen molar-refractivity contribution in [2.24, 2.45) is 0 Å². The van der Waals surface area contributed by atoms with Crippen molar-refractivity contribution in [3.8, 4) is 5.75 Å². The first-order valence-electron chi connectivity index (χ1n) is 5.56. The van der Waals surface area contributed by atoms with Crippen LogP contribution in [0.1, 0.15) is 12.2 Å². The highest BCUT2D eigenvalue weighted by Gasteiger charge is 2.05. The third-order valence-electron chi connectivity index (χ3n) is 2.34. The topological polar surface area (TPSA) is 39.4 Å². The maximum Gasteiger partial charge on any atom is 0.143 e. The molecule has 0 N–H and O–H groups in total. The molecular weight excluding hydrogens is 216 g/mol. The van der Waals surface area contributed by atoms with Crippen molar-refractivity contribution in [1.29, 1.82) is 0 Å². The molecule has 1 aromatic carbocycles. The van der Waals surface area contributed by atoms with E-state index in [4.69, 9.17) is 9.15 Å². The van der Waals surface area contributed by atoms with Crippen LogP contribution in [0, 0.1) is 0 Å². The standard InChI is InChI=1S/C14H14O3/c15-12(11-14-7-4-9-16-14)8-10-17-13-5-2-1-3-6-13/h1-7,9H,8,10-11H2. The van der Waals surface area contributed by atoms with E-state index in [-0.39, 0.29) is 5.78 Å². The Balaban J connectivity index is 1.70. The first kappa shape index (κ1) is 11.5. The van der Waals surface area contributed by atoms with Crippen LogP contribution >= 0.6 is 0 Å². The van der Waals surface area contributed by atoms with Crippen LogP contribution in [-0.2, 0) is 11.2 Å². The van der Waals surface area contributed by atoms with Crippen molar-refractivity contribution < 1.29 is 13.9 Å². The highest BCUT2D eigenvalue weighted by atomic mass is 16.5. The third-order valence-corrected chi connectivity index (χ3v) is 2.34. The number of hydrogen-bond donors (Lipinski definition) is 0. The number of carbonyl (C=O) groups excluding carboxylic acids is 1. The molecule has 0 aliphatic rings. The van der Waals surface area contributed by atoms with Crippen molar-refractivity contribution in [2.45, 2.75) is 12.8 Å². The molecule has 0 aliphatic heterocycles. The number of para-hydroxylation sites is 1. The number of benzene rings is 1. The highest BCUT2D eigenvalue weighted by molar-refractivity contribution is 5.80. The monoisotopic (exact) mass is 230 g/mol. The minimum absolute atomic E-state index is 0.121. The summed E-state index contributed by atoms with van der Waals surface area (Å²) in [5.41, 5.74) is 0. The van der Waals surface area contributed by atoms with E-state index in [9.17, 15) is 4.79 Å². The summed E-state index contributed by atoms with van der Waals surface area (Å²) >= 11 is 0. The van der Waals surface area contributed by atoms with E-state index in [1.54, 1.807) is 18.4 Å². The summed E-state index contributed by atoms with van der Waals surface area (Å²) in [7, 11) is 0. The quantitative estimate of drug-likeness (QED) is 0.766. The second kappa shape index (κ2) is 5.89. The average molecular weight is 230 g/mol. The maximum absolute atomic E-state index is 11.6. The van der Waals surface area contributed by atoms with Gasteiger partial charge in [-0.1, -0.05) is 18.2 Å². The van der Waals surface area contributed by atoms with E-state index in [0.717, 1.165) is 5.75 Å². The lowest BCUT2D eigenvalue weighted by molar-refractivity contribution is -0.119. The normalized spacial score (nSPS) is 10.1. The van der Waals surface area contributed by atoms with Gasteiger partial charge in [-0.25, -0.2) is 0 Å². The summed E-state index contributed by atoms with van der Waals surface area (Å²) in [6.07, 6.45) is 2.31. The third kappa shape index (κ3) is 3.79. The number of rotatable bonds is 6. The zero-order valence-electron chi connectivity index (χ0n) is 9.46. The predicted molar refractivity (Wildman–Crippen MR) is 64.0 cm³/mol. The Hall–Kier alpha value is -2.03. The maximum atomic E-state index is 11.6. The van der Waals surface area contributed by atoms with Crippen LogP contribution in [0.4, 0.5) is 0 Å². The van der Waals surface area contributed by atoms with Gasteiger partial charge >= 0.3 is 0 Å². The SMILES string of the molecule is O=C(CCOc1ccccc1)Cc1ccco1. The molecular formula is C14H14O3. The van der Waals surface area contributed by atoms with Gasteiger partial charge in [0.25, 0.3) is 0 Å². The van der Waals surface area contributed by atoms with Crippen LogP contribution in [0.5, 0.6) is 5.75 Å². The van der Waals surface area contributed by atoms with Gasteiger partial charge in [0.05, 0.1) is 19.3 Å². The van der Waals surface area contributed by atoms with Gasteiger partial charge in [0, 0.05) is 6.42 Å². The summed E-state index contributed by atoms with van der Waals surface area (Å²) in [5.74, 6) is 1.61. The van der Waals surface area contributed by atoms with Crippen LogP contribution in [0.25, 0.3) is 0 Å². The molecule has 0 fully saturated rings. The Morgan fingerprint density at radius 2 is 1.94 bits per heavy atom. The van der Waals surface area contributed by atoms with Gasteiger partial charge in [-0.05, 0) is 24.3 Å². The molecule has 3 nitrogen and oxygen atoms in total. The van der Waals surface area contributed by atoms with E-state index < -0.39 is 0 Å². The molecule has 0 saturated carbocycles. The van der Waals surface area contributed by atoms with Gasteiger partial charge < -0.3 is 9.15 Å². The largest absolute Gasteiger partial charge is 0.493 e. The van der Waals surface area contributed by atoms with Crippen LogP contribution in [0.15, 0.2) is 53.1 Å². The van der Waals surface area contributed by atoms with E-state index >= 15 is 0 Å². The van der Waals surface area contributed by atoms with Crippen LogP contribution in [-0.4, -0.2) is 12.4 Å². The molecule has 0 radical (unpaired) electrons. The highest BCUT2D eigenvalue weighted by Crippen LogP contribution is 2.09. The second-order valence-corrected chi connectivity index (χ2v) is 3.71. The first-order chi connectivity index (χ1) is 8.34. The molecule has 0 aliphatic carbocycles. The summed E-state index contributed by atoms with van der Waals surface area (Å²) in [5, 5.41) is 0. The molecule has 0 bridgehead atoms. The van der Waals surface area contributed by atoms with E-state index in [2.05, 4.69) is 0 Å². The molecule has 88 valence electrons. The Morgan fingerprint density at radius 3 is 2.65 bits per heavy atom. The Bertz CT molecular complexity index is 446. The first-order valence-corrected chi connectivity index (χ1v) is 5.56. The van der Waals surface area contributed by atoms with Gasteiger partial charge in [-0.15, -0.1) is 0 Å². The Labute approximate surface area is 100 Å². The fourth-order valence-corrected chi connectivity index (χ4v) is 1.50. The number of furan rings is 1. The number of hydrogen-bond acceptors (Lipinski definition) is 3. The lowest BCUT2D eigenvalue weighted by atomic mass is 10.2. The average Bonchev–Trinajstić information content (AvgIpc) is 2.83. The van der Waals surface area contributed by atoms with Crippen molar-refractivity contribution in [3.05, 3.63) is 54.5 Å². The fourth-order valence-electron chi connectivity index (χ4n) is 1.50. The molecule has 0 atom stereocenters. The molecule has 0 saturated heterocycles. The molecule has 0 amide bonds. The summed E-state index contributed by atoms with van der Waals surface area (Å²) in [6.45, 7) is 0.406. The Morgan fingerprint density at radius 1 is 1.12 bits per heavy atom. The van der Waals surface area contributed by atoms with Crippen molar-refractivity contribution in [1.82, 2.24) is 0 Å². The molecule has 2 rings (SSSR count). The number of ether oxygens (including phenoxy) is 1. The Kier molecular flexibility index (Phi) is 3.97. The van der Waals surface area contributed by atoms with E-state index in [1.165, 1.54) is 0 Å². The van der Waals surface area contributed by atoms with Crippen molar-refractivity contribution in [2.75, 3.05) is 6.61 Å². The molecule has 0 spiro atoms. The molecule has 2 aromatic rings. The molecule has 0 unspecified atom stereocenters. The minimum Gasteiger partial charge on any atom is -0.493 e. The van der Waals surface area contributed by atoms with E-state index in [1.807, 2.05) is 30.3 Å². The van der Waals surface area contributed by atoms with Crippen LogP contribution in [0.3, 0.4) is 0 Å². The summed E-state index contributed by atoms with van der Waals surface area (Å²) in [6, 6.07) is 13.1. The predicted octanol–water partition coefficient (Wildman–Crippen LogP) is 2.86. The zero-order valence-corrected chi connectivity index (χ0v) is 9.46. The second-order valence-electron chi connectivity index (χ2n) is 3.71. The number of Topliss-reactive ketones (excluding diaryl/α,β-unsaturated/α-hetero) is 1. The summed E-state index contributed by atoms with van der Waals surface area (Å²) < 4.78 is 10.6. The van der Waals surface area contributed by atoms with Crippen LogP contribution < -0.4 is 4.74 Å². The fraction of sp³-hybridized carbons (Fsp3) is 0.214. The number of carbonyl (C=O) groups is 1. The molecule has 3 heteroatoms. The van der Waals surface area contributed by atoms with Crippen molar-refractivity contribution >= 4 is 5.78 Å². The van der Waals surface area contributed by atoms with Gasteiger partial charge in [0.15, 0.2) is 0 Å². The van der Waals surface area contributed by atoms with Gasteiger partial charge in [0.2, 0.25) is 0 Å². The van der Waals surface area contributed by atoms with Crippen molar-refractivity contribution in [3.63, 3.8) is 0 Å². The lowest BCUT2D eigenvalue weighted by Gasteiger charge is -2.04. The van der Waals surface area contributed by atoms with Gasteiger partial charge in [-0.3, -0.25) is 4.79 Å². The molecule has 17 heavy (non-hydrogen) atoms. The lowest BCUT2D eigenvalue weighted by Crippen LogP contribution is -2.08. The van der Waals surface area contributed by atoms with Crippen LogP contribution in [0.2, 0.25) is 0 Å². The molecule has 1 aromatic heterocycles. The van der Waals surface area contributed by atoms with E-state index in [0.29, 0.717) is 25.2 Å². The molecule has 1 heterocycles. The van der Waals surface area contributed by atoms with Gasteiger partial charge in [0.1, 0.15) is 17.3 Å². The smallest absolute Gasteiger partial charge is 0.143 e. The number of ketones is 1. The zero-order chi connectivity index (χ0) is 11.9.